The summed E-state index contributed by atoms with van der Waals surface area (Å²) >= 11 is 14.0. The van der Waals surface area contributed by atoms with Crippen LogP contribution in [0.2, 0.25) is 10.0 Å². The van der Waals surface area contributed by atoms with Gasteiger partial charge in [-0.2, -0.15) is 10.5 Å². The third-order valence-electron chi connectivity index (χ3n) is 29.9. The summed E-state index contributed by atoms with van der Waals surface area (Å²) in [6, 6.07) is 28.8. The number of carbonyl (C=O) groups is 5. The number of rotatable bonds is 20. The summed E-state index contributed by atoms with van der Waals surface area (Å²) in [4.78, 5) is 118. The molecule has 3 amide bonds. The maximum Gasteiger partial charge on any atom is 0.343 e. The zero-order valence-corrected chi connectivity index (χ0v) is 77.1. The van der Waals surface area contributed by atoms with E-state index in [-0.39, 0.29) is 165 Å². The lowest BCUT2D eigenvalue weighted by atomic mass is 9.86. The van der Waals surface area contributed by atoms with Crippen molar-refractivity contribution in [1.29, 1.82) is 10.5 Å². The van der Waals surface area contributed by atoms with Gasteiger partial charge in [-0.25, -0.2) is 19.6 Å². The summed E-state index contributed by atoms with van der Waals surface area (Å²) in [6.07, 6.45) is 7.48. The van der Waals surface area contributed by atoms with Crippen molar-refractivity contribution in [3.05, 3.63) is 194 Å². The molecule has 2 saturated carbocycles. The van der Waals surface area contributed by atoms with E-state index in [0.29, 0.717) is 201 Å². The number of nitrogens with one attached hydrogen (secondary N) is 2. The number of carbonyl (C=O) groups excluding carboxylic acids is 5. The molecule has 135 heavy (non-hydrogen) atoms. The highest BCUT2D eigenvalue weighted by Gasteiger charge is 2.48. The van der Waals surface area contributed by atoms with E-state index in [1.807, 2.05) is 23.1 Å². The van der Waals surface area contributed by atoms with Gasteiger partial charge >= 0.3 is 11.9 Å². The van der Waals surface area contributed by atoms with Crippen LogP contribution in [0, 0.1) is 48.3 Å². The van der Waals surface area contributed by atoms with Crippen molar-refractivity contribution in [2.75, 3.05) is 94.9 Å². The quantitative estimate of drug-likeness (QED) is 0.0386. The largest absolute Gasteiger partial charge is 0.508 e. The van der Waals surface area contributed by atoms with Crippen LogP contribution in [-0.2, 0) is 74.5 Å². The molecular weight excluding hydrogens is 1760 g/mol. The zero-order valence-electron chi connectivity index (χ0n) is 75.6. The molecule has 6 aromatic heterocycles. The number of pyridine rings is 4. The van der Waals surface area contributed by atoms with E-state index in [9.17, 15) is 64.5 Å². The summed E-state index contributed by atoms with van der Waals surface area (Å²) in [7, 11) is 0. The molecule has 6 N–H and O–H groups in total. The standard InChI is InChI=1S/C100H104Cl2N18O15/c1-5-99(130)74-43-80-89-59(48-119(80)95(126)72(74)52-132-97(99)128)40-66-70(82(121)19-15-76(66)107-89)50-114-33-31-113(32-34-114)47-56-23-27-116(28-24-56)85-21-17-78(109-111-85)92(123)105-61-7-11-63(12-8-61)134-84-42-65(69(46-104)88(102)54(84)3)68-39-58(45-103)87(101)55(4)91(68)135-64-13-9-62(10-14-64)106-93(124)79-18-22-86(112-110-79)117-29-25-57(26-30-117)94(125)118-37-35-115(36-38-118)51-71-67-41-60-49-120-81(90(60)108-77(67)16-20-83(71)122)44-75-73(96(120)127)53-133-98(129)100(75,131)6-2/h15-22,39-44,56-57,61-64,121-122,130-131H,5-14,23-38,47-53H2,1-4H3,(H,105,123)(H,106,124)/t61-,62-,63-,64-,99-,100-/m0/s1. The Bertz CT molecular complexity index is 6710. The first kappa shape index (κ1) is 90.1. The highest BCUT2D eigenvalue weighted by molar-refractivity contribution is 6.34. The fourth-order valence-corrected chi connectivity index (χ4v) is 22.1. The number of fused-ring (bicyclic) bond motifs is 10. The van der Waals surface area contributed by atoms with Crippen LogP contribution in [0.4, 0.5) is 11.6 Å². The molecule has 20 rings (SSSR count). The molecule has 10 aromatic rings. The minimum atomic E-state index is -1.94. The lowest BCUT2D eigenvalue weighted by molar-refractivity contribution is -0.172. The molecule has 2 aliphatic carbocycles. The molecule has 2 atom stereocenters. The van der Waals surface area contributed by atoms with Gasteiger partial charge in [0.2, 0.25) is 5.91 Å². The van der Waals surface area contributed by atoms with Crippen LogP contribution in [0.15, 0.2) is 94.5 Å². The van der Waals surface area contributed by atoms with Crippen molar-refractivity contribution < 1.29 is 63.3 Å². The predicted octanol–water partition coefficient (Wildman–Crippen LogP) is 10.6. The fourth-order valence-electron chi connectivity index (χ4n) is 21.7. The lowest BCUT2D eigenvalue weighted by Crippen LogP contribution is -2.51. The van der Waals surface area contributed by atoms with E-state index in [0.717, 1.165) is 91.9 Å². The number of hydrogen-bond acceptors (Lipinski definition) is 28. The average Bonchev–Trinajstić information content (AvgIpc) is 1.70. The number of cyclic esters (lactones) is 2. The van der Waals surface area contributed by atoms with Gasteiger partial charge in [0.1, 0.15) is 48.4 Å². The molecular formula is C100H104Cl2N18O15. The number of hydrogen-bond donors (Lipinski definition) is 6. The Morgan fingerprint density at radius 1 is 0.533 bits per heavy atom. The maximum atomic E-state index is 14.1. The van der Waals surface area contributed by atoms with Gasteiger partial charge in [0.15, 0.2) is 34.2 Å². The molecule has 0 bridgehead atoms. The van der Waals surface area contributed by atoms with Gasteiger partial charge in [-0.3, -0.25) is 33.8 Å². The summed E-state index contributed by atoms with van der Waals surface area (Å²) < 4.78 is 27.4. The van der Waals surface area contributed by atoms with Gasteiger partial charge < -0.3 is 78.7 Å². The minimum absolute atomic E-state index is 0.0380. The van der Waals surface area contributed by atoms with Crippen LogP contribution in [0.25, 0.3) is 55.7 Å². The number of esters is 2. The van der Waals surface area contributed by atoms with Gasteiger partial charge in [-0.1, -0.05) is 37.0 Å². The van der Waals surface area contributed by atoms with E-state index in [4.69, 9.17) is 52.1 Å². The normalized spacial score (nSPS) is 22.0. The number of ether oxygens (including phenoxy) is 4. The molecule has 0 radical (unpaired) electrons. The molecule has 698 valence electrons. The number of amides is 3. The molecule has 35 heteroatoms. The second-order valence-electron chi connectivity index (χ2n) is 37.7. The number of piperidine rings is 2. The molecule has 33 nitrogen and oxygen atoms in total. The van der Waals surface area contributed by atoms with Crippen molar-refractivity contribution in [1.82, 2.24) is 69.7 Å². The Labute approximate surface area is 787 Å². The monoisotopic (exact) mass is 1870 g/mol. The number of aliphatic hydroxyl groups is 2. The average molecular weight is 1870 g/mol. The number of anilines is 2. The van der Waals surface area contributed by atoms with E-state index in [1.54, 1.807) is 104 Å². The number of benzene rings is 4. The summed E-state index contributed by atoms with van der Waals surface area (Å²) in [5.41, 5.74) is 5.83. The third-order valence-corrected chi connectivity index (χ3v) is 30.8. The van der Waals surface area contributed by atoms with E-state index >= 15 is 0 Å². The number of nitriles is 2. The van der Waals surface area contributed by atoms with Crippen molar-refractivity contribution in [3.63, 3.8) is 0 Å². The van der Waals surface area contributed by atoms with Gasteiger partial charge in [0.05, 0.1) is 91.4 Å². The Hall–Kier alpha value is -12.7. The Balaban J connectivity index is 0.392. The van der Waals surface area contributed by atoms with Crippen LogP contribution in [0.1, 0.15) is 191 Å². The summed E-state index contributed by atoms with van der Waals surface area (Å²) in [5.74, 6) is 0.727. The van der Waals surface area contributed by atoms with Crippen molar-refractivity contribution in [2.45, 2.75) is 192 Å². The number of aromatic hydroxyl groups is 2. The van der Waals surface area contributed by atoms with Gasteiger partial charge in [-0.05, 0) is 195 Å². The highest BCUT2D eigenvalue weighted by atomic mass is 35.5. The predicted molar refractivity (Wildman–Crippen MR) is 499 cm³/mol. The van der Waals surface area contributed by atoms with Crippen molar-refractivity contribution in [2.24, 2.45) is 11.8 Å². The SMILES string of the molecule is CC[C@@]1(O)C(=O)OCc2c1cc1n(c2=O)Cc2cc3c(CN4CCN(CC5CCN(c6ccc(C(=O)N[C@H]7CC[C@H](Oc8cc(-c9cc(C#N)c(Cl)c(C)c9O[C@H]9CC[C@H](NC(=O)c%10ccc(N%11CCC(C(=O)N%12CCN(Cc%13c(O)ccc%14nc%15c(cc%13%14)Cn%13c-%15cc%14c(c%13=O)COC(=O)[C@]%14(O)CC)CC%12)CC%11)nn%10)CC9)c(C#N)c(Cl)c8C)CC7)nn6)CC5)CC4)c(O)ccc3nc2-1. The topological polar surface area (TPSA) is 416 Å². The number of halogens is 2. The van der Waals surface area contributed by atoms with Crippen LogP contribution in [-0.4, -0.2) is 219 Å². The number of nitrogens with zero attached hydrogens (tertiary/aromatic N) is 16. The fraction of sp³-hybridized carbons (Fsp3) is 0.450. The van der Waals surface area contributed by atoms with Crippen molar-refractivity contribution in [3.8, 4) is 69.0 Å². The second kappa shape index (κ2) is 36.5. The second-order valence-corrected chi connectivity index (χ2v) is 38.5. The molecule has 14 heterocycles. The molecule has 0 spiro atoms. The first-order valence-electron chi connectivity index (χ1n) is 46.9. The van der Waals surface area contributed by atoms with Gasteiger partial charge in [0, 0.05) is 183 Å². The Kier molecular flexibility index (Phi) is 24.4. The van der Waals surface area contributed by atoms with Gasteiger partial charge in [0.25, 0.3) is 22.9 Å². The molecule has 4 aromatic carbocycles. The number of phenols is 2. The van der Waals surface area contributed by atoms with Gasteiger partial charge in [-0.15, -0.1) is 20.4 Å². The van der Waals surface area contributed by atoms with Crippen molar-refractivity contribution >= 4 is 86.3 Å². The first-order chi connectivity index (χ1) is 65.2. The molecule has 10 aliphatic rings. The van der Waals surface area contributed by atoms with E-state index < -0.39 is 23.1 Å². The van der Waals surface area contributed by atoms with Crippen LogP contribution in [0.5, 0.6) is 23.0 Å². The number of aromatic nitrogens is 8. The smallest absolute Gasteiger partial charge is 0.343 e. The van der Waals surface area contributed by atoms with E-state index in [1.165, 1.54) is 0 Å². The molecule has 0 unspecified atom stereocenters. The van der Waals surface area contributed by atoms with Crippen LogP contribution >= 0.6 is 23.2 Å². The number of piperazine rings is 2. The molecule has 6 fully saturated rings. The van der Waals surface area contributed by atoms with Crippen LogP contribution in [0.3, 0.4) is 0 Å². The summed E-state index contributed by atoms with van der Waals surface area (Å²) in [6.45, 7) is 17.3. The molecule has 4 saturated heterocycles. The minimum Gasteiger partial charge on any atom is -0.508 e. The summed E-state index contributed by atoms with van der Waals surface area (Å²) in [5, 5.41) is 92.5. The number of phenolic OH excluding ortho intramolecular Hbond substituents is 2. The van der Waals surface area contributed by atoms with Crippen LogP contribution < -0.4 is 41.0 Å². The Morgan fingerprint density at radius 2 is 1.01 bits per heavy atom. The zero-order chi connectivity index (χ0) is 93.7. The Morgan fingerprint density at radius 3 is 1.47 bits per heavy atom. The highest BCUT2D eigenvalue weighted by Crippen LogP contribution is 2.49. The maximum absolute atomic E-state index is 14.1. The first-order valence-corrected chi connectivity index (χ1v) is 47.7. The molecule has 8 aliphatic heterocycles. The van der Waals surface area contributed by atoms with E-state index in [2.05, 4.69) is 67.7 Å². The third kappa shape index (κ3) is 16.7. The lowest BCUT2D eigenvalue weighted by Gasteiger charge is -2.39.